The first-order valence-corrected chi connectivity index (χ1v) is 11.7. The topological polar surface area (TPSA) is 72.1 Å². The number of hydrogen-bond acceptors (Lipinski definition) is 7. The van der Waals surface area contributed by atoms with E-state index in [1.54, 1.807) is 34.8 Å². The Morgan fingerprint density at radius 1 is 1.13 bits per heavy atom. The Morgan fingerprint density at radius 2 is 1.97 bits per heavy atom. The Balaban J connectivity index is 1.28. The molecule has 0 N–H and O–H groups in total. The van der Waals surface area contributed by atoms with E-state index in [9.17, 15) is 4.79 Å². The SMILES string of the molecule is O=C(Cc1csc(-c2ccsc2)n1)N(Cc1nnc(-c2ccc(Cl)cc2)o1)C1CC1. The summed E-state index contributed by atoms with van der Waals surface area (Å²) in [5.74, 6) is 0.883. The summed E-state index contributed by atoms with van der Waals surface area (Å²) >= 11 is 9.14. The van der Waals surface area contributed by atoms with Crippen LogP contribution in [0.25, 0.3) is 22.0 Å². The molecule has 1 aromatic carbocycles. The highest BCUT2D eigenvalue weighted by Crippen LogP contribution is 2.30. The number of carbonyl (C=O) groups excluding carboxylic acids is 1. The Morgan fingerprint density at radius 3 is 2.70 bits per heavy atom. The van der Waals surface area contributed by atoms with Crippen molar-refractivity contribution in [2.75, 3.05) is 0 Å². The van der Waals surface area contributed by atoms with E-state index in [1.165, 1.54) is 0 Å². The van der Waals surface area contributed by atoms with E-state index >= 15 is 0 Å². The highest BCUT2D eigenvalue weighted by molar-refractivity contribution is 7.14. The van der Waals surface area contributed by atoms with Crippen LogP contribution in [0.1, 0.15) is 24.4 Å². The summed E-state index contributed by atoms with van der Waals surface area (Å²) in [7, 11) is 0. The summed E-state index contributed by atoms with van der Waals surface area (Å²) in [6, 6.07) is 9.49. The molecule has 1 fully saturated rings. The van der Waals surface area contributed by atoms with Crippen molar-refractivity contribution in [1.29, 1.82) is 0 Å². The summed E-state index contributed by atoms with van der Waals surface area (Å²) in [5.41, 5.74) is 2.69. The molecule has 9 heteroatoms. The number of benzene rings is 1. The lowest BCUT2D eigenvalue weighted by atomic mass is 10.2. The molecule has 1 amide bonds. The van der Waals surface area contributed by atoms with Crippen molar-refractivity contribution in [1.82, 2.24) is 20.1 Å². The first-order valence-electron chi connectivity index (χ1n) is 9.50. The molecule has 0 atom stereocenters. The Labute approximate surface area is 186 Å². The highest BCUT2D eigenvalue weighted by atomic mass is 35.5. The molecule has 0 aliphatic heterocycles. The van der Waals surface area contributed by atoms with E-state index in [0.717, 1.165) is 34.7 Å². The van der Waals surface area contributed by atoms with Gasteiger partial charge >= 0.3 is 0 Å². The van der Waals surface area contributed by atoms with Crippen molar-refractivity contribution < 1.29 is 9.21 Å². The van der Waals surface area contributed by atoms with Crippen molar-refractivity contribution in [2.45, 2.75) is 31.8 Å². The van der Waals surface area contributed by atoms with Gasteiger partial charge in [0.1, 0.15) is 5.01 Å². The van der Waals surface area contributed by atoms with Crippen LogP contribution in [0.4, 0.5) is 0 Å². The maximum Gasteiger partial charge on any atom is 0.247 e. The molecule has 3 aromatic heterocycles. The second-order valence-electron chi connectivity index (χ2n) is 7.09. The molecule has 5 rings (SSSR count). The van der Waals surface area contributed by atoms with Crippen LogP contribution >= 0.6 is 34.3 Å². The molecule has 0 saturated heterocycles. The van der Waals surface area contributed by atoms with Gasteiger partial charge in [0.25, 0.3) is 0 Å². The van der Waals surface area contributed by atoms with Gasteiger partial charge in [-0.1, -0.05) is 11.6 Å². The zero-order valence-corrected chi connectivity index (χ0v) is 18.2. The number of thiophene rings is 1. The van der Waals surface area contributed by atoms with Gasteiger partial charge < -0.3 is 9.32 Å². The van der Waals surface area contributed by atoms with Gasteiger partial charge in [0.2, 0.25) is 17.7 Å². The summed E-state index contributed by atoms with van der Waals surface area (Å²) < 4.78 is 5.80. The monoisotopic (exact) mass is 456 g/mol. The Bertz CT molecular complexity index is 1150. The second kappa shape index (κ2) is 8.29. The van der Waals surface area contributed by atoms with Crippen LogP contribution < -0.4 is 0 Å². The molecule has 0 unspecified atom stereocenters. The van der Waals surface area contributed by atoms with Gasteiger partial charge in [-0.15, -0.1) is 21.5 Å². The average Bonchev–Trinajstić information content (AvgIpc) is 3.16. The average molecular weight is 457 g/mol. The molecule has 0 radical (unpaired) electrons. The van der Waals surface area contributed by atoms with Gasteiger partial charge in [-0.3, -0.25) is 4.79 Å². The third-order valence-electron chi connectivity index (χ3n) is 4.82. The van der Waals surface area contributed by atoms with Crippen LogP contribution in [-0.4, -0.2) is 32.0 Å². The van der Waals surface area contributed by atoms with Gasteiger partial charge in [-0.05, 0) is 48.6 Å². The normalized spacial score (nSPS) is 13.5. The first kappa shape index (κ1) is 19.4. The minimum absolute atomic E-state index is 0.0333. The lowest BCUT2D eigenvalue weighted by Gasteiger charge is -2.20. The molecule has 1 saturated carbocycles. The lowest BCUT2D eigenvalue weighted by Crippen LogP contribution is -2.34. The zero-order chi connectivity index (χ0) is 20.5. The van der Waals surface area contributed by atoms with Crippen molar-refractivity contribution in [3.05, 3.63) is 63.1 Å². The predicted octanol–water partition coefficient (Wildman–Crippen LogP) is 5.31. The van der Waals surface area contributed by atoms with Crippen LogP contribution in [0.5, 0.6) is 0 Å². The second-order valence-corrected chi connectivity index (χ2v) is 9.17. The minimum Gasteiger partial charge on any atom is -0.419 e. The first-order chi connectivity index (χ1) is 14.7. The number of amides is 1. The highest BCUT2D eigenvalue weighted by Gasteiger charge is 2.34. The minimum atomic E-state index is 0.0333. The molecule has 4 aromatic rings. The maximum atomic E-state index is 13.0. The predicted molar refractivity (Wildman–Crippen MR) is 117 cm³/mol. The summed E-state index contributed by atoms with van der Waals surface area (Å²) in [6.45, 7) is 0.311. The number of aromatic nitrogens is 3. The smallest absolute Gasteiger partial charge is 0.247 e. The number of thiazole rings is 1. The molecule has 6 nitrogen and oxygen atoms in total. The Kier molecular flexibility index (Phi) is 5.37. The number of nitrogens with zero attached hydrogens (tertiary/aromatic N) is 4. The van der Waals surface area contributed by atoms with Crippen LogP contribution in [0.3, 0.4) is 0 Å². The molecular formula is C21H17ClN4O2S2. The van der Waals surface area contributed by atoms with Crippen molar-refractivity contribution in [3.8, 4) is 22.0 Å². The van der Waals surface area contributed by atoms with E-state index in [0.29, 0.717) is 23.3 Å². The third kappa shape index (κ3) is 4.30. The number of carbonyl (C=O) groups is 1. The van der Waals surface area contributed by atoms with Crippen molar-refractivity contribution >= 4 is 40.2 Å². The van der Waals surface area contributed by atoms with Gasteiger partial charge in [0, 0.05) is 33.0 Å². The fraction of sp³-hybridized carbons (Fsp3) is 0.238. The lowest BCUT2D eigenvalue weighted by molar-refractivity contribution is -0.132. The number of halogens is 1. The quantitative estimate of drug-likeness (QED) is 0.377. The van der Waals surface area contributed by atoms with Gasteiger partial charge in [-0.25, -0.2) is 4.98 Å². The summed E-state index contributed by atoms with van der Waals surface area (Å²) in [4.78, 5) is 19.5. The van der Waals surface area contributed by atoms with E-state index in [2.05, 4.69) is 20.6 Å². The van der Waals surface area contributed by atoms with Gasteiger partial charge in [0.05, 0.1) is 18.7 Å². The van der Waals surface area contributed by atoms with E-state index in [1.807, 2.05) is 33.9 Å². The largest absolute Gasteiger partial charge is 0.419 e. The van der Waals surface area contributed by atoms with E-state index in [-0.39, 0.29) is 18.4 Å². The molecule has 3 heterocycles. The Hall–Kier alpha value is -2.55. The van der Waals surface area contributed by atoms with E-state index in [4.69, 9.17) is 16.0 Å². The number of hydrogen-bond donors (Lipinski definition) is 0. The van der Waals surface area contributed by atoms with Crippen molar-refractivity contribution in [3.63, 3.8) is 0 Å². The zero-order valence-electron chi connectivity index (χ0n) is 15.8. The molecule has 1 aliphatic carbocycles. The van der Waals surface area contributed by atoms with Crippen LogP contribution in [0.2, 0.25) is 5.02 Å². The summed E-state index contributed by atoms with van der Waals surface area (Å²) in [6.07, 6.45) is 2.28. The fourth-order valence-corrected chi connectivity index (χ4v) is 4.80. The summed E-state index contributed by atoms with van der Waals surface area (Å²) in [5, 5.41) is 15.9. The molecule has 152 valence electrons. The molecule has 1 aliphatic rings. The molecule has 0 spiro atoms. The maximum absolute atomic E-state index is 13.0. The van der Waals surface area contributed by atoms with E-state index < -0.39 is 0 Å². The molecule has 0 bridgehead atoms. The fourth-order valence-electron chi connectivity index (χ4n) is 3.14. The molecular weight excluding hydrogens is 440 g/mol. The third-order valence-corrected chi connectivity index (χ3v) is 6.70. The van der Waals surface area contributed by atoms with Gasteiger partial charge in [-0.2, -0.15) is 11.3 Å². The number of rotatable bonds is 7. The van der Waals surface area contributed by atoms with Crippen LogP contribution in [0.15, 0.2) is 50.9 Å². The van der Waals surface area contributed by atoms with Crippen molar-refractivity contribution in [2.24, 2.45) is 0 Å². The van der Waals surface area contributed by atoms with Gasteiger partial charge in [0.15, 0.2) is 0 Å². The molecule has 30 heavy (non-hydrogen) atoms. The van der Waals surface area contributed by atoms with Crippen LogP contribution in [0, 0.1) is 0 Å². The standard InChI is InChI=1S/C21H17ClN4O2S2/c22-15-3-1-13(2-4-15)20-25-24-18(28-20)10-26(17-5-6-17)19(27)9-16-12-30-21(23-16)14-7-8-29-11-14/h1-4,7-8,11-12,17H,5-6,9-10H2. The van der Waals surface area contributed by atoms with Crippen LogP contribution in [-0.2, 0) is 17.8 Å².